The van der Waals surface area contributed by atoms with Gasteiger partial charge in [-0.05, 0) is 23.8 Å². The monoisotopic (exact) mass is 241 g/mol. The fourth-order valence-corrected chi connectivity index (χ4v) is 1.65. The topological polar surface area (TPSA) is 39.2 Å². The number of rotatable bonds is 2. The van der Waals surface area contributed by atoms with Crippen molar-refractivity contribution in [2.45, 2.75) is 12.2 Å². The van der Waals surface area contributed by atoms with E-state index >= 15 is 0 Å². The van der Waals surface area contributed by atoms with Crippen molar-refractivity contribution in [1.82, 2.24) is 0 Å². The fourth-order valence-electron chi connectivity index (χ4n) is 1.65. The summed E-state index contributed by atoms with van der Waals surface area (Å²) in [4.78, 5) is 0. The van der Waals surface area contributed by atoms with Gasteiger partial charge in [0.05, 0.1) is 17.9 Å². The SMILES string of the molecule is NC(c1ccco1)c1ccccc1C(F)(F)F. The van der Waals surface area contributed by atoms with Gasteiger partial charge in [-0.25, -0.2) is 0 Å². The molecule has 5 heteroatoms. The molecule has 90 valence electrons. The number of nitrogens with two attached hydrogens (primary N) is 1. The van der Waals surface area contributed by atoms with E-state index in [1.165, 1.54) is 24.5 Å². The zero-order chi connectivity index (χ0) is 12.5. The highest BCUT2D eigenvalue weighted by atomic mass is 19.4. The van der Waals surface area contributed by atoms with Gasteiger partial charge in [0.15, 0.2) is 0 Å². The minimum Gasteiger partial charge on any atom is -0.467 e. The van der Waals surface area contributed by atoms with Gasteiger partial charge in [-0.15, -0.1) is 0 Å². The van der Waals surface area contributed by atoms with E-state index in [0.717, 1.165) is 6.07 Å². The van der Waals surface area contributed by atoms with Crippen molar-refractivity contribution in [3.8, 4) is 0 Å². The summed E-state index contributed by atoms with van der Waals surface area (Å²) >= 11 is 0. The zero-order valence-electron chi connectivity index (χ0n) is 8.74. The summed E-state index contributed by atoms with van der Waals surface area (Å²) in [7, 11) is 0. The fraction of sp³-hybridized carbons (Fsp3) is 0.167. The third-order valence-electron chi connectivity index (χ3n) is 2.45. The number of alkyl halides is 3. The van der Waals surface area contributed by atoms with Gasteiger partial charge in [0.2, 0.25) is 0 Å². The normalized spacial score (nSPS) is 13.6. The first-order chi connectivity index (χ1) is 8.00. The maximum atomic E-state index is 12.8. The maximum absolute atomic E-state index is 12.8. The molecule has 1 aromatic carbocycles. The average Bonchev–Trinajstić information content (AvgIpc) is 2.80. The van der Waals surface area contributed by atoms with Crippen LogP contribution in [0.4, 0.5) is 13.2 Å². The molecule has 2 nitrogen and oxygen atoms in total. The first-order valence-electron chi connectivity index (χ1n) is 4.95. The van der Waals surface area contributed by atoms with Gasteiger partial charge in [0.1, 0.15) is 5.76 Å². The molecule has 1 aromatic heterocycles. The smallest absolute Gasteiger partial charge is 0.416 e. The summed E-state index contributed by atoms with van der Waals surface area (Å²) in [5.41, 5.74) is 5.04. The van der Waals surface area contributed by atoms with E-state index in [0.29, 0.717) is 5.76 Å². The van der Waals surface area contributed by atoms with Crippen LogP contribution in [0.25, 0.3) is 0 Å². The van der Waals surface area contributed by atoms with Crippen LogP contribution in [0.3, 0.4) is 0 Å². The lowest BCUT2D eigenvalue weighted by molar-refractivity contribution is -0.138. The molecular formula is C12H10F3NO. The number of halogens is 3. The molecule has 2 aromatic rings. The maximum Gasteiger partial charge on any atom is 0.416 e. The van der Waals surface area contributed by atoms with Crippen LogP contribution in [0.5, 0.6) is 0 Å². The molecule has 17 heavy (non-hydrogen) atoms. The molecule has 0 fully saturated rings. The molecule has 1 heterocycles. The molecule has 1 unspecified atom stereocenters. The van der Waals surface area contributed by atoms with E-state index in [2.05, 4.69) is 0 Å². The van der Waals surface area contributed by atoms with E-state index in [-0.39, 0.29) is 5.56 Å². The van der Waals surface area contributed by atoms with Crippen molar-refractivity contribution < 1.29 is 17.6 Å². The molecule has 0 spiro atoms. The second kappa shape index (κ2) is 4.25. The Morgan fingerprint density at radius 2 is 1.76 bits per heavy atom. The standard InChI is InChI=1S/C12H10F3NO/c13-12(14,15)9-5-2-1-4-8(9)11(16)10-6-3-7-17-10/h1-7,11H,16H2. The second-order valence-corrected chi connectivity index (χ2v) is 3.58. The van der Waals surface area contributed by atoms with E-state index < -0.39 is 17.8 Å². The molecule has 0 aliphatic carbocycles. The molecule has 2 N–H and O–H groups in total. The Morgan fingerprint density at radius 3 is 2.35 bits per heavy atom. The van der Waals surface area contributed by atoms with Crippen LogP contribution in [-0.2, 0) is 6.18 Å². The Hall–Kier alpha value is -1.75. The summed E-state index contributed by atoms with van der Waals surface area (Å²) in [5.74, 6) is 0.307. The van der Waals surface area contributed by atoms with E-state index in [9.17, 15) is 13.2 Å². The van der Waals surface area contributed by atoms with Crippen molar-refractivity contribution in [2.75, 3.05) is 0 Å². The Balaban J connectivity index is 2.46. The minimum atomic E-state index is -4.42. The highest BCUT2D eigenvalue weighted by Gasteiger charge is 2.34. The Labute approximate surface area is 95.8 Å². The largest absolute Gasteiger partial charge is 0.467 e. The third-order valence-corrected chi connectivity index (χ3v) is 2.45. The lowest BCUT2D eigenvalue weighted by atomic mass is 9.99. The van der Waals surface area contributed by atoms with Gasteiger partial charge in [-0.3, -0.25) is 0 Å². The van der Waals surface area contributed by atoms with Gasteiger partial charge in [-0.1, -0.05) is 18.2 Å². The summed E-state index contributed by atoms with van der Waals surface area (Å²) in [6.07, 6.45) is -3.04. The number of hydrogen-bond acceptors (Lipinski definition) is 2. The average molecular weight is 241 g/mol. The summed E-state index contributed by atoms with van der Waals surface area (Å²) in [6, 6.07) is 7.45. The molecule has 2 rings (SSSR count). The van der Waals surface area contributed by atoms with Crippen LogP contribution in [0.2, 0.25) is 0 Å². The molecule has 0 amide bonds. The highest BCUT2D eigenvalue weighted by molar-refractivity contribution is 5.35. The zero-order valence-corrected chi connectivity index (χ0v) is 8.74. The number of hydrogen-bond donors (Lipinski definition) is 1. The van der Waals surface area contributed by atoms with Crippen molar-refractivity contribution in [1.29, 1.82) is 0 Å². The van der Waals surface area contributed by atoms with E-state index in [1.807, 2.05) is 0 Å². The van der Waals surface area contributed by atoms with Crippen LogP contribution in [0.15, 0.2) is 47.1 Å². The van der Waals surface area contributed by atoms with Crippen molar-refractivity contribution in [3.63, 3.8) is 0 Å². The highest BCUT2D eigenvalue weighted by Crippen LogP contribution is 2.35. The van der Waals surface area contributed by atoms with Crippen LogP contribution < -0.4 is 5.73 Å². The lowest BCUT2D eigenvalue weighted by Crippen LogP contribution is -2.17. The molecule has 0 radical (unpaired) electrons. The molecular weight excluding hydrogens is 231 g/mol. The van der Waals surface area contributed by atoms with Crippen LogP contribution in [0, 0.1) is 0 Å². The summed E-state index contributed by atoms with van der Waals surface area (Å²) in [6.45, 7) is 0. The van der Waals surface area contributed by atoms with Crippen LogP contribution in [0.1, 0.15) is 22.9 Å². The summed E-state index contributed by atoms with van der Waals surface area (Å²) in [5, 5.41) is 0. The Morgan fingerprint density at radius 1 is 1.06 bits per heavy atom. The van der Waals surface area contributed by atoms with Gasteiger partial charge in [0.25, 0.3) is 0 Å². The predicted molar refractivity (Wildman–Crippen MR) is 56.2 cm³/mol. The summed E-state index contributed by atoms with van der Waals surface area (Å²) < 4.78 is 43.3. The third kappa shape index (κ3) is 2.34. The lowest BCUT2D eigenvalue weighted by Gasteiger charge is -2.16. The first kappa shape index (κ1) is 11.7. The van der Waals surface area contributed by atoms with Crippen LogP contribution in [-0.4, -0.2) is 0 Å². The van der Waals surface area contributed by atoms with Crippen molar-refractivity contribution in [3.05, 3.63) is 59.5 Å². The van der Waals surface area contributed by atoms with Gasteiger partial charge in [-0.2, -0.15) is 13.2 Å². The molecule has 1 atom stereocenters. The molecule has 0 saturated heterocycles. The van der Waals surface area contributed by atoms with Crippen molar-refractivity contribution in [2.24, 2.45) is 5.73 Å². The van der Waals surface area contributed by atoms with Crippen LogP contribution >= 0.6 is 0 Å². The minimum absolute atomic E-state index is 0.00921. The van der Waals surface area contributed by atoms with E-state index in [1.54, 1.807) is 12.1 Å². The molecule has 0 aliphatic rings. The molecule has 0 bridgehead atoms. The number of benzene rings is 1. The second-order valence-electron chi connectivity index (χ2n) is 3.58. The van der Waals surface area contributed by atoms with Gasteiger partial charge < -0.3 is 10.2 Å². The molecule has 0 saturated carbocycles. The first-order valence-corrected chi connectivity index (χ1v) is 4.95. The van der Waals surface area contributed by atoms with Crippen molar-refractivity contribution >= 4 is 0 Å². The van der Waals surface area contributed by atoms with Gasteiger partial charge in [0, 0.05) is 0 Å². The molecule has 0 aliphatic heterocycles. The Kier molecular flexibility index (Phi) is 2.93. The predicted octanol–water partition coefficient (Wildman–Crippen LogP) is 3.35. The quantitative estimate of drug-likeness (QED) is 0.875. The number of furan rings is 1. The van der Waals surface area contributed by atoms with Gasteiger partial charge >= 0.3 is 6.18 Å². The Bertz CT molecular complexity index is 491. The van der Waals surface area contributed by atoms with E-state index in [4.69, 9.17) is 10.2 Å².